The second-order valence-electron chi connectivity index (χ2n) is 13.6. The first-order chi connectivity index (χ1) is 27.0. The summed E-state index contributed by atoms with van der Waals surface area (Å²) in [5, 5.41) is 1.49. The number of ether oxygens (including phenoxy) is 2. The quantitative estimate of drug-likeness (QED) is 0.150. The van der Waals surface area contributed by atoms with E-state index >= 15 is 0 Å². The molecule has 0 amide bonds. The molecule has 0 fully saturated rings. The molecular formula is C43H26F6N2O6. The van der Waals surface area contributed by atoms with Crippen LogP contribution in [0.2, 0.25) is 0 Å². The van der Waals surface area contributed by atoms with Crippen LogP contribution in [0.15, 0.2) is 141 Å². The Balaban J connectivity index is 1.08. The van der Waals surface area contributed by atoms with Crippen molar-refractivity contribution in [3.8, 4) is 28.7 Å². The van der Waals surface area contributed by atoms with Crippen LogP contribution in [-0.4, -0.2) is 21.5 Å². The highest BCUT2D eigenvalue weighted by molar-refractivity contribution is 6.04. The summed E-state index contributed by atoms with van der Waals surface area (Å²) >= 11 is 0. The van der Waals surface area contributed by atoms with Crippen LogP contribution in [0.25, 0.3) is 38.0 Å². The molecule has 14 heteroatoms. The molecule has 0 aliphatic carbocycles. The van der Waals surface area contributed by atoms with E-state index in [-0.39, 0.29) is 44.5 Å². The maximum atomic E-state index is 14.8. The highest BCUT2D eigenvalue weighted by atomic mass is 19.4. The van der Waals surface area contributed by atoms with Crippen molar-refractivity contribution in [1.82, 2.24) is 9.13 Å². The van der Waals surface area contributed by atoms with Crippen LogP contribution >= 0.6 is 0 Å². The van der Waals surface area contributed by atoms with Gasteiger partial charge in [0.1, 0.15) is 23.0 Å². The lowest BCUT2D eigenvalue weighted by Crippen LogP contribution is -2.54. The number of alkyl halides is 6. The molecule has 8 nitrogen and oxygen atoms in total. The van der Waals surface area contributed by atoms with E-state index in [4.69, 9.17) is 9.47 Å². The van der Waals surface area contributed by atoms with E-state index in [1.165, 1.54) is 55.6 Å². The number of nitrogens with zero attached hydrogens (tertiary/aromatic N) is 2. The predicted octanol–water partition coefficient (Wildman–Crippen LogP) is 8.90. The molecule has 0 N–H and O–H groups in total. The maximum Gasteiger partial charge on any atom is 0.411 e. The number of fused-ring (bicyclic) bond motifs is 3. The Morgan fingerprint density at radius 3 is 1.12 bits per heavy atom. The highest BCUT2D eigenvalue weighted by Crippen LogP contribution is 2.56. The van der Waals surface area contributed by atoms with Gasteiger partial charge in [-0.2, -0.15) is 26.3 Å². The van der Waals surface area contributed by atoms with Crippen LogP contribution in [0, 0.1) is 6.92 Å². The number of hydrogen-bond acceptors (Lipinski definition) is 6. The average molecular weight is 781 g/mol. The van der Waals surface area contributed by atoms with Crippen molar-refractivity contribution < 1.29 is 35.8 Å². The van der Waals surface area contributed by atoms with Gasteiger partial charge < -0.3 is 9.47 Å². The van der Waals surface area contributed by atoms with Gasteiger partial charge in [-0.05, 0) is 114 Å². The summed E-state index contributed by atoms with van der Waals surface area (Å²) < 4.78 is 102. The van der Waals surface area contributed by atoms with Gasteiger partial charge in [0.15, 0.2) is 0 Å². The number of halogens is 6. The van der Waals surface area contributed by atoms with E-state index in [2.05, 4.69) is 0 Å². The van der Waals surface area contributed by atoms with Crippen LogP contribution in [0.3, 0.4) is 0 Å². The number of rotatable bonds is 7. The molecular weight excluding hydrogens is 754 g/mol. The molecule has 0 spiro atoms. The lowest BCUT2D eigenvalue weighted by molar-refractivity contribution is -0.288. The summed E-state index contributed by atoms with van der Waals surface area (Å²) in [5.74, 6) is 0.408. The normalized spacial score (nSPS) is 12.5. The summed E-state index contributed by atoms with van der Waals surface area (Å²) in [6.07, 6.45) is -11.6. The molecule has 0 aliphatic rings. The molecule has 8 aromatic rings. The first-order valence-corrected chi connectivity index (χ1v) is 17.2. The van der Waals surface area contributed by atoms with Gasteiger partial charge in [0.05, 0.1) is 27.2 Å². The van der Waals surface area contributed by atoms with Crippen LogP contribution in [0.1, 0.15) is 16.7 Å². The maximum absolute atomic E-state index is 14.8. The minimum atomic E-state index is -5.81. The Morgan fingerprint density at radius 1 is 0.456 bits per heavy atom. The summed E-state index contributed by atoms with van der Waals surface area (Å²) in [5.41, 5.74) is -7.73. The first kappa shape index (κ1) is 37.0. The molecule has 0 saturated heterocycles. The van der Waals surface area contributed by atoms with Crippen LogP contribution in [-0.2, 0) is 12.5 Å². The minimum Gasteiger partial charge on any atom is -0.457 e. The van der Waals surface area contributed by atoms with Gasteiger partial charge in [-0.3, -0.25) is 23.7 Å². The molecule has 57 heavy (non-hydrogen) atoms. The second-order valence-corrected chi connectivity index (χ2v) is 13.6. The van der Waals surface area contributed by atoms with Crippen molar-refractivity contribution in [2.45, 2.75) is 24.7 Å². The first-order valence-electron chi connectivity index (χ1n) is 17.2. The minimum absolute atomic E-state index is 0.0423. The molecule has 2 heterocycles. The Labute approximate surface area is 316 Å². The molecule has 2 aromatic heterocycles. The molecule has 8 rings (SSSR count). The van der Waals surface area contributed by atoms with E-state index in [9.17, 15) is 45.5 Å². The zero-order valence-corrected chi connectivity index (χ0v) is 29.7. The van der Waals surface area contributed by atoms with Crippen LogP contribution in [0.5, 0.6) is 23.0 Å². The zero-order valence-electron chi connectivity index (χ0n) is 29.7. The van der Waals surface area contributed by atoms with Crippen LogP contribution in [0.4, 0.5) is 26.3 Å². The van der Waals surface area contributed by atoms with Crippen molar-refractivity contribution in [2.75, 3.05) is 0 Å². The fourth-order valence-electron chi connectivity index (χ4n) is 7.15. The van der Waals surface area contributed by atoms with Gasteiger partial charge in [-0.1, -0.05) is 42.0 Å². The Kier molecular flexibility index (Phi) is 8.48. The van der Waals surface area contributed by atoms with Crippen molar-refractivity contribution >= 4 is 32.3 Å². The van der Waals surface area contributed by atoms with Gasteiger partial charge in [0, 0.05) is 7.05 Å². The Bertz CT molecular complexity index is 2950. The predicted molar refractivity (Wildman–Crippen MR) is 202 cm³/mol. The van der Waals surface area contributed by atoms with E-state index in [0.29, 0.717) is 28.7 Å². The van der Waals surface area contributed by atoms with E-state index < -0.39 is 51.1 Å². The van der Waals surface area contributed by atoms with Crippen molar-refractivity contribution in [3.05, 3.63) is 179 Å². The fraction of sp³-hybridized carbons (Fsp3) is 0.116. The third kappa shape index (κ3) is 5.95. The molecule has 0 bridgehead atoms. The monoisotopic (exact) mass is 780 g/mol. The Hall–Kier alpha value is -6.96. The lowest BCUT2D eigenvalue weighted by Gasteiger charge is -2.38. The summed E-state index contributed by atoms with van der Waals surface area (Å²) in [7, 11) is 1.36. The van der Waals surface area contributed by atoms with E-state index in [1.54, 1.807) is 24.3 Å². The third-order valence-electron chi connectivity index (χ3n) is 10.1. The number of aromatic nitrogens is 2. The van der Waals surface area contributed by atoms with Gasteiger partial charge in [-0.25, -0.2) is 4.57 Å². The standard InChI is InChI=1S/C43H26F6N2O6/c1-23-3-11-29(12-4-23)56-30-13-5-26(6-14-30)41(42(44,45)46,43(47,48)49)27-7-15-31(16-8-27)57-32-17-9-28(10-18-32)51-39(54)35-21-24-19-33-34(38(53)50(2)37(33)52)20-25(24)22-36(35)40(51)55/h3-22H,1-2H3. The van der Waals surface area contributed by atoms with Crippen molar-refractivity contribution in [2.24, 2.45) is 7.05 Å². The molecule has 286 valence electrons. The number of aryl methyl sites for hydroxylation is 1. The number of hydrogen-bond donors (Lipinski definition) is 0. The SMILES string of the molecule is Cc1ccc(Oc2ccc(C(c3ccc(Oc4ccc(-n5c(=O)c6cc7cc8c(=O)n(C)c(=O)c8cc7cc6c5=O)cc4)cc3)(C(F)(F)F)C(F)(F)F)cc2)cc1. The van der Waals surface area contributed by atoms with Crippen molar-refractivity contribution in [1.29, 1.82) is 0 Å². The Morgan fingerprint density at radius 2 is 0.772 bits per heavy atom. The van der Waals surface area contributed by atoms with Gasteiger partial charge >= 0.3 is 12.4 Å². The van der Waals surface area contributed by atoms with Gasteiger partial charge in [0.2, 0.25) is 5.41 Å². The summed E-state index contributed by atoms with van der Waals surface area (Å²) in [4.78, 5) is 51.9. The largest absolute Gasteiger partial charge is 0.457 e. The van der Waals surface area contributed by atoms with Crippen LogP contribution < -0.4 is 31.7 Å². The average Bonchev–Trinajstić information content (AvgIpc) is 3.53. The third-order valence-corrected chi connectivity index (χ3v) is 10.1. The summed E-state index contributed by atoms with van der Waals surface area (Å²) in [6, 6.07) is 25.1. The van der Waals surface area contributed by atoms with Gasteiger partial charge in [-0.15, -0.1) is 0 Å². The smallest absolute Gasteiger partial charge is 0.411 e. The van der Waals surface area contributed by atoms with Crippen molar-refractivity contribution in [3.63, 3.8) is 0 Å². The molecule has 0 unspecified atom stereocenters. The molecule has 0 aliphatic heterocycles. The summed E-state index contributed by atoms with van der Waals surface area (Å²) in [6.45, 7) is 1.84. The lowest BCUT2D eigenvalue weighted by atomic mass is 9.73. The number of benzene rings is 6. The van der Waals surface area contributed by atoms with Gasteiger partial charge in [0.25, 0.3) is 22.2 Å². The zero-order chi connectivity index (χ0) is 40.6. The molecule has 6 aromatic carbocycles. The molecule has 0 atom stereocenters. The molecule has 0 saturated carbocycles. The molecule has 0 radical (unpaired) electrons. The van der Waals surface area contributed by atoms with E-state index in [1.807, 2.05) is 6.92 Å². The topological polar surface area (TPSA) is 96.6 Å². The second kappa shape index (κ2) is 13.1. The van der Waals surface area contributed by atoms with E-state index in [0.717, 1.165) is 51.1 Å². The fourth-order valence-corrected chi connectivity index (χ4v) is 7.15. The highest BCUT2D eigenvalue weighted by Gasteiger charge is 2.72.